The third kappa shape index (κ3) is 1.85. The molecule has 0 radical (unpaired) electrons. The van der Waals surface area contributed by atoms with Crippen LogP contribution in [-0.4, -0.2) is 68.4 Å². The molecule has 2 heterocycles. The Morgan fingerprint density at radius 1 is 1.11 bits per heavy atom. The Bertz CT molecular complexity index is 446. The van der Waals surface area contributed by atoms with Gasteiger partial charge >= 0.3 is 18.2 Å². The van der Waals surface area contributed by atoms with E-state index in [1.807, 2.05) is 0 Å². The normalized spacial score (nSPS) is 26.6. The van der Waals surface area contributed by atoms with Gasteiger partial charge in [-0.05, 0) is 6.42 Å². The van der Waals surface area contributed by atoms with Crippen LogP contribution >= 0.6 is 0 Å². The summed E-state index contributed by atoms with van der Waals surface area (Å²) in [7, 11) is 0. The van der Waals surface area contributed by atoms with Gasteiger partial charge < -0.3 is 20.2 Å². The zero-order valence-corrected chi connectivity index (χ0v) is 9.31. The van der Waals surface area contributed by atoms with Gasteiger partial charge in [-0.15, -0.1) is 0 Å². The number of carbonyl (C=O) groups is 3. The van der Waals surface area contributed by atoms with Crippen LogP contribution in [0.2, 0.25) is 0 Å². The predicted octanol–water partition coefficient (Wildman–Crippen LogP) is 0.112. The van der Waals surface area contributed by atoms with E-state index in [1.54, 1.807) is 0 Å². The lowest BCUT2D eigenvalue weighted by Crippen LogP contribution is -2.63. The number of amides is 2. The standard InChI is InChI=1S/C10H12N2O6/c13-8(14)6-2-1-5-3-11(9(15)16)4-7(6)12(5)10(17)18/h2,5,7H,1,3-4H2,(H,13,14)(H,15,16)(H,17,18). The second-order valence-electron chi connectivity index (χ2n) is 4.25. The van der Waals surface area contributed by atoms with Crippen molar-refractivity contribution in [2.75, 3.05) is 13.1 Å². The molecular weight excluding hydrogens is 244 g/mol. The van der Waals surface area contributed by atoms with Crippen molar-refractivity contribution in [3.63, 3.8) is 0 Å². The topological polar surface area (TPSA) is 118 Å². The van der Waals surface area contributed by atoms with Crippen molar-refractivity contribution in [2.45, 2.75) is 18.5 Å². The van der Waals surface area contributed by atoms with Crippen molar-refractivity contribution in [2.24, 2.45) is 0 Å². The fourth-order valence-corrected chi connectivity index (χ4v) is 2.48. The molecule has 0 aliphatic carbocycles. The van der Waals surface area contributed by atoms with Gasteiger partial charge in [0.25, 0.3) is 0 Å². The molecule has 1 fully saturated rings. The van der Waals surface area contributed by atoms with Gasteiger partial charge in [0.15, 0.2) is 0 Å². The highest BCUT2D eigenvalue weighted by Crippen LogP contribution is 2.29. The van der Waals surface area contributed by atoms with Crippen molar-refractivity contribution in [1.82, 2.24) is 9.80 Å². The first kappa shape index (κ1) is 12.2. The fraction of sp³-hybridized carbons (Fsp3) is 0.500. The van der Waals surface area contributed by atoms with Crippen molar-refractivity contribution < 1.29 is 29.7 Å². The van der Waals surface area contributed by atoms with E-state index in [0.717, 1.165) is 9.80 Å². The molecule has 8 nitrogen and oxygen atoms in total. The van der Waals surface area contributed by atoms with Crippen molar-refractivity contribution in [1.29, 1.82) is 0 Å². The van der Waals surface area contributed by atoms with E-state index < -0.39 is 30.2 Å². The van der Waals surface area contributed by atoms with Crippen LogP contribution < -0.4 is 0 Å². The number of piperazine rings is 1. The highest BCUT2D eigenvalue weighted by Gasteiger charge is 2.44. The Morgan fingerprint density at radius 2 is 1.78 bits per heavy atom. The Labute approximate surface area is 102 Å². The summed E-state index contributed by atoms with van der Waals surface area (Å²) in [4.78, 5) is 35.2. The molecule has 0 spiro atoms. The van der Waals surface area contributed by atoms with Crippen LogP contribution in [0.5, 0.6) is 0 Å². The summed E-state index contributed by atoms with van der Waals surface area (Å²) in [6.07, 6.45) is -0.687. The number of rotatable bonds is 1. The minimum Gasteiger partial charge on any atom is -0.478 e. The van der Waals surface area contributed by atoms with Crippen LogP contribution in [-0.2, 0) is 4.79 Å². The molecule has 0 aromatic rings. The third-order valence-electron chi connectivity index (χ3n) is 3.26. The Balaban J connectivity index is 2.35. The second-order valence-corrected chi connectivity index (χ2v) is 4.25. The van der Waals surface area contributed by atoms with Gasteiger partial charge in [0, 0.05) is 13.1 Å². The SMILES string of the molecule is O=C(O)C1=CCC2CN(C(=O)O)CC1N2C(=O)O. The summed E-state index contributed by atoms with van der Waals surface area (Å²) in [6.45, 7) is -0.0716. The van der Waals surface area contributed by atoms with Crippen molar-refractivity contribution in [3.05, 3.63) is 11.6 Å². The van der Waals surface area contributed by atoms with Gasteiger partial charge in [-0.1, -0.05) is 6.08 Å². The molecule has 18 heavy (non-hydrogen) atoms. The van der Waals surface area contributed by atoms with Crippen LogP contribution in [0.3, 0.4) is 0 Å². The number of hydrogen-bond donors (Lipinski definition) is 3. The Hall–Kier alpha value is -2.25. The second kappa shape index (κ2) is 4.21. The van der Waals surface area contributed by atoms with E-state index in [2.05, 4.69) is 0 Å². The molecular formula is C10H12N2O6. The lowest BCUT2D eigenvalue weighted by atomic mass is 9.91. The fourth-order valence-electron chi connectivity index (χ4n) is 2.48. The minimum atomic E-state index is -1.22. The van der Waals surface area contributed by atoms with Gasteiger partial charge in [0.1, 0.15) is 0 Å². The monoisotopic (exact) mass is 256 g/mol. The van der Waals surface area contributed by atoms with Crippen molar-refractivity contribution >= 4 is 18.2 Å². The molecule has 2 atom stereocenters. The quantitative estimate of drug-likeness (QED) is 0.612. The molecule has 3 N–H and O–H groups in total. The maximum Gasteiger partial charge on any atom is 0.408 e. The number of aliphatic carboxylic acids is 1. The molecule has 2 aliphatic heterocycles. The molecule has 2 unspecified atom stereocenters. The number of carboxylic acids is 1. The van der Waals surface area contributed by atoms with E-state index in [-0.39, 0.29) is 25.1 Å². The van der Waals surface area contributed by atoms with Crippen LogP contribution in [0.15, 0.2) is 11.6 Å². The van der Waals surface area contributed by atoms with Gasteiger partial charge in [-0.3, -0.25) is 4.90 Å². The van der Waals surface area contributed by atoms with Gasteiger partial charge in [-0.25, -0.2) is 14.4 Å². The molecule has 0 aromatic carbocycles. The zero-order chi connectivity index (χ0) is 13.4. The van der Waals surface area contributed by atoms with Crippen LogP contribution in [0.25, 0.3) is 0 Å². The van der Waals surface area contributed by atoms with Crippen LogP contribution in [0.4, 0.5) is 9.59 Å². The summed E-state index contributed by atoms with van der Waals surface area (Å²) in [5.74, 6) is -1.21. The molecule has 8 heteroatoms. The molecule has 2 amide bonds. The average molecular weight is 256 g/mol. The van der Waals surface area contributed by atoms with E-state index >= 15 is 0 Å². The lowest BCUT2D eigenvalue weighted by molar-refractivity contribution is -0.134. The molecule has 2 bridgehead atoms. The summed E-state index contributed by atoms with van der Waals surface area (Å²) < 4.78 is 0. The number of carboxylic acid groups (broad SMARTS) is 3. The average Bonchev–Trinajstić information content (AvgIpc) is 2.26. The van der Waals surface area contributed by atoms with E-state index in [1.165, 1.54) is 6.08 Å². The molecule has 2 aliphatic rings. The maximum atomic E-state index is 11.2. The van der Waals surface area contributed by atoms with Crippen LogP contribution in [0, 0.1) is 0 Å². The molecule has 2 rings (SSSR count). The van der Waals surface area contributed by atoms with E-state index in [4.69, 9.17) is 15.3 Å². The maximum absolute atomic E-state index is 11.2. The highest BCUT2D eigenvalue weighted by molar-refractivity contribution is 5.89. The zero-order valence-electron chi connectivity index (χ0n) is 9.31. The summed E-state index contributed by atoms with van der Waals surface area (Å²) in [6, 6.07) is -1.44. The Kier molecular flexibility index (Phi) is 2.85. The molecule has 1 saturated heterocycles. The summed E-state index contributed by atoms with van der Waals surface area (Å²) in [5.41, 5.74) is -0.0559. The minimum absolute atomic E-state index is 0.0559. The number of nitrogens with zero attached hydrogens (tertiary/aromatic N) is 2. The van der Waals surface area contributed by atoms with Crippen LogP contribution in [0.1, 0.15) is 6.42 Å². The van der Waals surface area contributed by atoms with E-state index in [9.17, 15) is 14.4 Å². The smallest absolute Gasteiger partial charge is 0.408 e. The summed E-state index contributed by atoms with van der Waals surface area (Å²) in [5, 5.41) is 27.1. The first-order valence-electron chi connectivity index (χ1n) is 5.34. The molecule has 0 saturated carbocycles. The first-order chi connectivity index (χ1) is 8.41. The molecule has 98 valence electrons. The van der Waals surface area contributed by atoms with Gasteiger partial charge in [0.2, 0.25) is 0 Å². The predicted molar refractivity (Wildman–Crippen MR) is 57.4 cm³/mol. The van der Waals surface area contributed by atoms with Crippen molar-refractivity contribution in [3.8, 4) is 0 Å². The lowest BCUT2D eigenvalue weighted by Gasteiger charge is -2.46. The molecule has 0 aromatic heterocycles. The Morgan fingerprint density at radius 3 is 2.28 bits per heavy atom. The largest absolute Gasteiger partial charge is 0.478 e. The highest BCUT2D eigenvalue weighted by atomic mass is 16.4. The third-order valence-corrected chi connectivity index (χ3v) is 3.26. The van der Waals surface area contributed by atoms with Gasteiger partial charge in [-0.2, -0.15) is 0 Å². The van der Waals surface area contributed by atoms with Gasteiger partial charge in [0.05, 0.1) is 17.7 Å². The summed E-state index contributed by atoms with van der Waals surface area (Å²) >= 11 is 0. The number of hydrogen-bond acceptors (Lipinski definition) is 3. The first-order valence-corrected chi connectivity index (χ1v) is 5.34. The van der Waals surface area contributed by atoms with E-state index in [0.29, 0.717) is 0 Å². The number of fused-ring (bicyclic) bond motifs is 2.